The smallest absolute Gasteiger partial charge is 0.410 e. The molecule has 0 spiro atoms. The van der Waals surface area contributed by atoms with E-state index >= 15 is 0 Å². The molecule has 6 heteroatoms. The highest BCUT2D eigenvalue weighted by Crippen LogP contribution is 2.19. The van der Waals surface area contributed by atoms with Gasteiger partial charge in [-0.1, -0.05) is 0 Å². The second-order valence-electron chi connectivity index (χ2n) is 6.30. The molecular weight excluding hydrogens is 272 g/mol. The van der Waals surface area contributed by atoms with Crippen molar-refractivity contribution in [3.8, 4) is 0 Å². The van der Waals surface area contributed by atoms with Crippen molar-refractivity contribution in [2.75, 3.05) is 19.6 Å². The SMILES string of the molecule is CC(C)(C)OC(=O)N1CC[C@@H](CNC(=O)c2ccoc2)C1. The van der Waals surface area contributed by atoms with Crippen molar-refractivity contribution in [3.05, 3.63) is 24.2 Å². The number of nitrogens with zero attached hydrogens (tertiary/aromatic N) is 1. The van der Waals surface area contributed by atoms with E-state index in [1.54, 1.807) is 11.0 Å². The van der Waals surface area contributed by atoms with Crippen molar-refractivity contribution in [3.63, 3.8) is 0 Å². The molecule has 0 aromatic carbocycles. The Bertz CT molecular complexity index is 490. The molecule has 0 aliphatic carbocycles. The van der Waals surface area contributed by atoms with E-state index in [-0.39, 0.29) is 17.9 Å². The quantitative estimate of drug-likeness (QED) is 0.928. The number of carbonyl (C=O) groups excluding carboxylic acids is 2. The number of amides is 2. The second-order valence-corrected chi connectivity index (χ2v) is 6.30. The Hall–Kier alpha value is -1.98. The van der Waals surface area contributed by atoms with Gasteiger partial charge >= 0.3 is 6.09 Å². The fraction of sp³-hybridized carbons (Fsp3) is 0.600. The number of furan rings is 1. The third-order valence-electron chi connectivity index (χ3n) is 3.27. The lowest BCUT2D eigenvalue weighted by Gasteiger charge is -2.24. The van der Waals surface area contributed by atoms with Gasteiger partial charge in [-0.15, -0.1) is 0 Å². The van der Waals surface area contributed by atoms with E-state index in [9.17, 15) is 9.59 Å². The molecule has 116 valence electrons. The summed E-state index contributed by atoms with van der Waals surface area (Å²) < 4.78 is 10.2. The summed E-state index contributed by atoms with van der Waals surface area (Å²) in [5.41, 5.74) is 0.0296. The van der Waals surface area contributed by atoms with E-state index < -0.39 is 5.60 Å². The Morgan fingerprint density at radius 1 is 1.48 bits per heavy atom. The first-order valence-corrected chi connectivity index (χ1v) is 7.13. The predicted molar refractivity (Wildman–Crippen MR) is 77.0 cm³/mol. The van der Waals surface area contributed by atoms with Crippen LogP contribution < -0.4 is 5.32 Å². The monoisotopic (exact) mass is 294 g/mol. The molecule has 1 N–H and O–H groups in total. The topological polar surface area (TPSA) is 71.8 Å². The fourth-order valence-corrected chi connectivity index (χ4v) is 2.22. The van der Waals surface area contributed by atoms with Crippen LogP contribution in [-0.4, -0.2) is 42.1 Å². The van der Waals surface area contributed by atoms with Gasteiger partial charge in [-0.3, -0.25) is 4.79 Å². The predicted octanol–water partition coefficient (Wildman–Crippen LogP) is 2.27. The zero-order valence-electron chi connectivity index (χ0n) is 12.7. The Balaban J connectivity index is 1.75. The number of hydrogen-bond donors (Lipinski definition) is 1. The van der Waals surface area contributed by atoms with Crippen molar-refractivity contribution in [2.45, 2.75) is 32.8 Å². The molecule has 1 atom stereocenters. The van der Waals surface area contributed by atoms with E-state index in [1.165, 1.54) is 12.5 Å². The highest BCUT2D eigenvalue weighted by atomic mass is 16.6. The molecule has 21 heavy (non-hydrogen) atoms. The lowest BCUT2D eigenvalue weighted by molar-refractivity contribution is 0.0288. The van der Waals surface area contributed by atoms with E-state index in [0.717, 1.165) is 6.42 Å². The summed E-state index contributed by atoms with van der Waals surface area (Å²) in [6.07, 6.45) is 3.46. The van der Waals surface area contributed by atoms with E-state index in [1.807, 2.05) is 20.8 Å². The molecule has 6 nitrogen and oxygen atoms in total. The Morgan fingerprint density at radius 3 is 2.86 bits per heavy atom. The molecule has 2 rings (SSSR count). The first-order valence-electron chi connectivity index (χ1n) is 7.13. The maximum atomic E-state index is 11.9. The summed E-state index contributed by atoms with van der Waals surface area (Å²) in [5.74, 6) is 0.104. The molecule has 0 saturated carbocycles. The fourth-order valence-electron chi connectivity index (χ4n) is 2.22. The molecule has 1 aromatic heterocycles. The Morgan fingerprint density at radius 2 is 2.24 bits per heavy atom. The van der Waals surface area contributed by atoms with Gasteiger partial charge in [0.05, 0.1) is 11.8 Å². The lowest BCUT2D eigenvalue weighted by atomic mass is 10.1. The van der Waals surface area contributed by atoms with E-state index in [4.69, 9.17) is 9.15 Å². The summed E-state index contributed by atoms with van der Waals surface area (Å²) in [7, 11) is 0. The van der Waals surface area contributed by atoms with Crippen LogP contribution in [0.4, 0.5) is 4.79 Å². The molecule has 1 aliphatic rings. The van der Waals surface area contributed by atoms with E-state index in [2.05, 4.69) is 5.32 Å². The van der Waals surface area contributed by atoms with Crippen molar-refractivity contribution in [2.24, 2.45) is 5.92 Å². The first-order chi connectivity index (χ1) is 9.85. The average Bonchev–Trinajstić information content (AvgIpc) is 3.05. The van der Waals surface area contributed by atoms with Crippen LogP contribution >= 0.6 is 0 Å². The average molecular weight is 294 g/mol. The third kappa shape index (κ3) is 4.51. The molecule has 1 aliphatic heterocycles. The molecule has 1 saturated heterocycles. The van der Waals surface area contributed by atoms with Gasteiger partial charge in [-0.2, -0.15) is 0 Å². The minimum absolute atomic E-state index is 0.153. The summed E-state index contributed by atoms with van der Waals surface area (Å²) in [4.78, 5) is 25.4. The van der Waals surface area contributed by atoms with Crippen molar-refractivity contribution >= 4 is 12.0 Å². The summed E-state index contributed by atoms with van der Waals surface area (Å²) in [6, 6.07) is 1.62. The van der Waals surface area contributed by atoms with Crippen LogP contribution in [0.1, 0.15) is 37.6 Å². The van der Waals surface area contributed by atoms with E-state index in [0.29, 0.717) is 25.2 Å². The Kier molecular flexibility index (Phi) is 4.55. The van der Waals surface area contributed by atoms with Crippen LogP contribution in [-0.2, 0) is 4.74 Å². The van der Waals surface area contributed by atoms with Gasteiger partial charge in [0.25, 0.3) is 5.91 Å². The molecule has 1 aromatic rings. The number of hydrogen-bond acceptors (Lipinski definition) is 4. The van der Waals surface area contributed by atoms with Gasteiger partial charge in [-0.05, 0) is 39.2 Å². The van der Waals surface area contributed by atoms with Crippen molar-refractivity contribution < 1.29 is 18.7 Å². The normalized spacial score (nSPS) is 18.6. The number of carbonyl (C=O) groups is 2. The van der Waals surface area contributed by atoms with Crippen LogP contribution in [0.5, 0.6) is 0 Å². The van der Waals surface area contributed by atoms with Crippen LogP contribution in [0.2, 0.25) is 0 Å². The van der Waals surface area contributed by atoms with Gasteiger partial charge < -0.3 is 19.4 Å². The van der Waals surface area contributed by atoms with Crippen molar-refractivity contribution in [1.29, 1.82) is 0 Å². The first kappa shape index (κ1) is 15.4. The van der Waals surface area contributed by atoms with Gasteiger partial charge in [0.2, 0.25) is 0 Å². The highest BCUT2D eigenvalue weighted by Gasteiger charge is 2.29. The third-order valence-corrected chi connectivity index (χ3v) is 3.27. The zero-order valence-corrected chi connectivity index (χ0v) is 12.7. The number of rotatable bonds is 3. The van der Waals surface area contributed by atoms with Gasteiger partial charge in [0.1, 0.15) is 11.9 Å². The molecule has 2 heterocycles. The van der Waals surface area contributed by atoms with Gasteiger partial charge in [0.15, 0.2) is 0 Å². The van der Waals surface area contributed by atoms with Crippen molar-refractivity contribution in [1.82, 2.24) is 10.2 Å². The van der Waals surface area contributed by atoms with Crippen LogP contribution in [0.15, 0.2) is 23.0 Å². The minimum atomic E-state index is -0.481. The molecule has 2 amide bonds. The maximum Gasteiger partial charge on any atom is 0.410 e. The molecule has 0 radical (unpaired) electrons. The number of likely N-dealkylation sites (tertiary alicyclic amines) is 1. The Labute approximate surface area is 124 Å². The molecule has 0 unspecified atom stereocenters. The summed E-state index contributed by atoms with van der Waals surface area (Å²) >= 11 is 0. The highest BCUT2D eigenvalue weighted by molar-refractivity contribution is 5.93. The molecule has 0 bridgehead atoms. The van der Waals surface area contributed by atoms with Gasteiger partial charge in [0, 0.05) is 19.6 Å². The van der Waals surface area contributed by atoms with Crippen LogP contribution in [0, 0.1) is 5.92 Å². The second kappa shape index (κ2) is 6.20. The standard InChI is InChI=1S/C15H22N2O4/c1-15(2,3)21-14(19)17-6-4-11(9-17)8-16-13(18)12-5-7-20-10-12/h5,7,10-11H,4,6,8-9H2,1-3H3,(H,16,18)/t11-/m0/s1. The lowest BCUT2D eigenvalue weighted by Crippen LogP contribution is -2.36. The van der Waals surface area contributed by atoms with Crippen LogP contribution in [0.3, 0.4) is 0 Å². The zero-order chi connectivity index (χ0) is 15.5. The number of nitrogens with one attached hydrogen (secondary N) is 1. The molecular formula is C15H22N2O4. The van der Waals surface area contributed by atoms with Crippen LogP contribution in [0.25, 0.3) is 0 Å². The number of ether oxygens (including phenoxy) is 1. The van der Waals surface area contributed by atoms with Gasteiger partial charge in [-0.25, -0.2) is 4.79 Å². The molecule has 1 fully saturated rings. The summed E-state index contributed by atoms with van der Waals surface area (Å²) in [5, 5.41) is 2.86. The largest absolute Gasteiger partial charge is 0.472 e. The maximum absolute atomic E-state index is 11.9. The summed E-state index contributed by atoms with van der Waals surface area (Å²) in [6.45, 7) is 7.38. The minimum Gasteiger partial charge on any atom is -0.472 e.